The monoisotopic (exact) mass is 375 g/mol. The Bertz CT molecular complexity index is 511. The van der Waals surface area contributed by atoms with Crippen LogP contribution in [0.2, 0.25) is 0 Å². The van der Waals surface area contributed by atoms with E-state index in [1.165, 1.54) is 6.92 Å². The van der Waals surface area contributed by atoms with E-state index in [1.807, 2.05) is 47.9 Å². The molecule has 5 heteroatoms. The van der Waals surface area contributed by atoms with Crippen LogP contribution >= 0.6 is 33.9 Å². The Morgan fingerprint density at radius 1 is 1.67 bits per heavy atom. The highest BCUT2D eigenvalue weighted by molar-refractivity contribution is 14.1. The van der Waals surface area contributed by atoms with Gasteiger partial charge in [-0.05, 0) is 29.4 Å². The third-order valence-corrected chi connectivity index (χ3v) is 3.36. The van der Waals surface area contributed by atoms with Crippen LogP contribution in [0.1, 0.15) is 31.0 Å². The summed E-state index contributed by atoms with van der Waals surface area (Å²) in [4.78, 5) is 15.4. The van der Waals surface area contributed by atoms with Crippen molar-refractivity contribution >= 4 is 46.0 Å². The van der Waals surface area contributed by atoms with Gasteiger partial charge in [0, 0.05) is 34.9 Å². The zero-order valence-corrected chi connectivity index (χ0v) is 13.5. The largest absolute Gasteiger partial charge is 0.457 e. The van der Waals surface area contributed by atoms with E-state index in [1.54, 1.807) is 11.3 Å². The van der Waals surface area contributed by atoms with Crippen molar-refractivity contribution in [2.45, 2.75) is 33.3 Å². The number of rotatable bonds is 4. The summed E-state index contributed by atoms with van der Waals surface area (Å²) >= 11 is 3.57. The van der Waals surface area contributed by atoms with E-state index in [4.69, 9.17) is 4.74 Å². The van der Waals surface area contributed by atoms with Crippen LogP contribution in [0.4, 0.5) is 0 Å². The normalized spacial score (nSPS) is 12.6. The molecule has 0 amide bonds. The van der Waals surface area contributed by atoms with E-state index in [0.29, 0.717) is 6.42 Å². The first-order valence-corrected chi connectivity index (χ1v) is 7.34. The molecule has 1 aromatic heterocycles. The highest BCUT2D eigenvalue weighted by atomic mass is 127. The van der Waals surface area contributed by atoms with Gasteiger partial charge in [-0.25, -0.2) is 4.98 Å². The molecule has 1 atom stereocenters. The standard InChI is InChI=1S/C13H14INO2S/c1-9(7-12-8-18-10(2)15-12)13(5-4-6-14)17-11(3)16/h7-8,13H,5H2,1-3H3/b9-7+/t13-/m0/s1. The Balaban J connectivity index is 2.85. The van der Waals surface area contributed by atoms with Gasteiger partial charge in [0.05, 0.1) is 17.1 Å². The van der Waals surface area contributed by atoms with Crippen molar-refractivity contribution in [2.24, 2.45) is 0 Å². The van der Waals surface area contributed by atoms with Crippen LogP contribution in [0.3, 0.4) is 0 Å². The van der Waals surface area contributed by atoms with E-state index in [-0.39, 0.29) is 12.1 Å². The number of nitrogens with zero attached hydrogens (tertiary/aromatic N) is 1. The number of aryl methyl sites for hydroxylation is 1. The molecule has 1 rings (SSSR count). The van der Waals surface area contributed by atoms with Gasteiger partial charge in [-0.1, -0.05) is 5.92 Å². The number of ether oxygens (including phenoxy) is 1. The first-order chi connectivity index (χ1) is 8.52. The van der Waals surface area contributed by atoms with Crippen LogP contribution in [0.5, 0.6) is 0 Å². The molecule has 0 aliphatic rings. The van der Waals surface area contributed by atoms with Crippen LogP contribution in [-0.2, 0) is 9.53 Å². The molecule has 0 aliphatic carbocycles. The number of carbonyl (C=O) groups is 1. The molecular weight excluding hydrogens is 361 g/mol. The van der Waals surface area contributed by atoms with Gasteiger partial charge in [-0.2, -0.15) is 0 Å². The predicted molar refractivity (Wildman–Crippen MR) is 82.5 cm³/mol. The molecule has 0 fully saturated rings. The molecule has 0 spiro atoms. The Hall–Kier alpha value is -0.870. The zero-order chi connectivity index (χ0) is 13.5. The minimum atomic E-state index is -0.299. The smallest absolute Gasteiger partial charge is 0.303 e. The summed E-state index contributed by atoms with van der Waals surface area (Å²) in [7, 11) is 0. The number of halogens is 1. The summed E-state index contributed by atoms with van der Waals surface area (Å²) in [6.45, 7) is 5.30. The maximum Gasteiger partial charge on any atom is 0.303 e. The molecule has 0 aromatic carbocycles. The molecule has 0 saturated heterocycles. The van der Waals surface area contributed by atoms with Gasteiger partial charge in [-0.15, -0.1) is 11.3 Å². The lowest BCUT2D eigenvalue weighted by Crippen LogP contribution is -2.17. The van der Waals surface area contributed by atoms with Crippen molar-refractivity contribution in [1.82, 2.24) is 4.98 Å². The third-order valence-electron chi connectivity index (χ3n) is 2.18. The van der Waals surface area contributed by atoms with Gasteiger partial charge in [0.15, 0.2) is 0 Å². The molecule has 3 nitrogen and oxygen atoms in total. The molecule has 0 saturated carbocycles. The number of carbonyl (C=O) groups excluding carboxylic acids is 1. The lowest BCUT2D eigenvalue weighted by Gasteiger charge is -2.14. The zero-order valence-electron chi connectivity index (χ0n) is 10.5. The van der Waals surface area contributed by atoms with Gasteiger partial charge >= 0.3 is 5.97 Å². The summed E-state index contributed by atoms with van der Waals surface area (Å²) < 4.78 is 8.04. The van der Waals surface area contributed by atoms with Crippen molar-refractivity contribution in [2.75, 3.05) is 0 Å². The first-order valence-electron chi connectivity index (χ1n) is 5.39. The fourth-order valence-corrected chi connectivity index (χ4v) is 2.19. The molecule has 1 aromatic rings. The first kappa shape index (κ1) is 15.2. The van der Waals surface area contributed by atoms with Crippen LogP contribution in [0, 0.1) is 16.8 Å². The molecule has 96 valence electrons. The fourth-order valence-electron chi connectivity index (χ4n) is 1.40. The minimum Gasteiger partial charge on any atom is -0.457 e. The lowest BCUT2D eigenvalue weighted by molar-refractivity contribution is -0.144. The predicted octanol–water partition coefficient (Wildman–Crippen LogP) is 3.57. The van der Waals surface area contributed by atoms with E-state index >= 15 is 0 Å². The Kier molecular flexibility index (Phi) is 6.36. The second-order valence-electron chi connectivity index (χ2n) is 3.75. The molecule has 0 unspecified atom stereocenters. The Morgan fingerprint density at radius 2 is 2.39 bits per heavy atom. The highest BCUT2D eigenvalue weighted by Gasteiger charge is 2.13. The number of hydrogen-bond donors (Lipinski definition) is 0. The summed E-state index contributed by atoms with van der Waals surface area (Å²) in [6.07, 6.45) is 2.15. The number of thiazole rings is 1. The topological polar surface area (TPSA) is 39.2 Å². The van der Waals surface area contributed by atoms with Crippen molar-refractivity contribution < 1.29 is 9.53 Å². The second-order valence-corrected chi connectivity index (χ2v) is 5.35. The van der Waals surface area contributed by atoms with Crippen molar-refractivity contribution in [3.05, 3.63) is 21.7 Å². The number of hydrogen-bond acceptors (Lipinski definition) is 4. The fraction of sp³-hybridized carbons (Fsp3) is 0.385. The Labute approximate surface area is 125 Å². The summed E-state index contributed by atoms with van der Waals surface area (Å²) in [5.74, 6) is 2.63. The molecule has 0 radical (unpaired) electrons. The quantitative estimate of drug-likeness (QED) is 0.459. The molecule has 0 aliphatic heterocycles. The van der Waals surface area contributed by atoms with Crippen molar-refractivity contribution in [3.8, 4) is 9.85 Å². The summed E-state index contributed by atoms with van der Waals surface area (Å²) in [6, 6.07) is 0. The third kappa shape index (κ3) is 5.19. The van der Waals surface area contributed by atoms with Crippen LogP contribution in [-0.4, -0.2) is 17.1 Å². The minimum absolute atomic E-state index is 0.294. The maximum atomic E-state index is 11.1. The van der Waals surface area contributed by atoms with Gasteiger partial charge in [-0.3, -0.25) is 4.79 Å². The highest BCUT2D eigenvalue weighted by Crippen LogP contribution is 2.17. The molecule has 0 bridgehead atoms. The number of aromatic nitrogens is 1. The molecular formula is C13H14INO2S. The molecule has 1 heterocycles. The molecule has 18 heavy (non-hydrogen) atoms. The summed E-state index contributed by atoms with van der Waals surface area (Å²) in [5, 5.41) is 3.00. The number of esters is 1. The maximum absolute atomic E-state index is 11.1. The van der Waals surface area contributed by atoms with E-state index in [9.17, 15) is 4.79 Å². The van der Waals surface area contributed by atoms with E-state index in [0.717, 1.165) is 16.3 Å². The van der Waals surface area contributed by atoms with Gasteiger partial charge < -0.3 is 4.74 Å². The van der Waals surface area contributed by atoms with Crippen LogP contribution in [0.25, 0.3) is 6.08 Å². The van der Waals surface area contributed by atoms with Gasteiger partial charge in [0.1, 0.15) is 6.10 Å². The van der Waals surface area contributed by atoms with E-state index < -0.39 is 0 Å². The van der Waals surface area contributed by atoms with E-state index in [2.05, 4.69) is 14.8 Å². The van der Waals surface area contributed by atoms with Crippen molar-refractivity contribution in [3.63, 3.8) is 0 Å². The average Bonchev–Trinajstić information content (AvgIpc) is 2.69. The van der Waals surface area contributed by atoms with Crippen molar-refractivity contribution in [1.29, 1.82) is 0 Å². The Morgan fingerprint density at radius 3 is 2.89 bits per heavy atom. The molecule has 0 N–H and O–H groups in total. The van der Waals surface area contributed by atoms with Gasteiger partial charge in [0.25, 0.3) is 0 Å². The second kappa shape index (κ2) is 7.54. The summed E-state index contributed by atoms with van der Waals surface area (Å²) in [5.41, 5.74) is 1.85. The lowest BCUT2D eigenvalue weighted by atomic mass is 10.1. The van der Waals surface area contributed by atoms with Crippen LogP contribution in [0.15, 0.2) is 11.0 Å². The average molecular weight is 375 g/mol. The SMILES string of the molecule is CC(=O)O[C@@H](CC#CI)/C(C)=C/c1csc(C)n1. The van der Waals surface area contributed by atoms with Crippen LogP contribution < -0.4 is 0 Å². The van der Waals surface area contributed by atoms with Gasteiger partial charge in [0.2, 0.25) is 0 Å².